The van der Waals surface area contributed by atoms with Crippen molar-refractivity contribution in [3.63, 3.8) is 0 Å². The second-order valence-corrected chi connectivity index (χ2v) is 16.2. The molecule has 4 aromatic heterocycles. The molecule has 0 bridgehead atoms. The normalized spacial score (nSPS) is 11.9. The molecule has 0 aliphatic carbocycles. The van der Waals surface area contributed by atoms with E-state index in [4.69, 9.17) is 4.74 Å². The van der Waals surface area contributed by atoms with Gasteiger partial charge < -0.3 is 9.84 Å². The van der Waals surface area contributed by atoms with Gasteiger partial charge >= 0.3 is 23.3 Å². The van der Waals surface area contributed by atoms with Gasteiger partial charge in [0.1, 0.15) is 26.3 Å². The number of fused-ring (bicyclic) bond motifs is 2. The van der Waals surface area contributed by atoms with Crippen LogP contribution in [0.4, 0.5) is 0 Å². The third-order valence-corrected chi connectivity index (χ3v) is 10.6. The summed E-state index contributed by atoms with van der Waals surface area (Å²) in [5.41, 5.74) is -4.77. The first-order chi connectivity index (χ1) is 20.0. The average Bonchev–Trinajstić information content (AvgIpc) is 3.32. The lowest BCUT2D eigenvalue weighted by Crippen LogP contribution is -2.52. The molecule has 0 aromatic carbocycles. The molecule has 4 heterocycles. The minimum atomic E-state index is -1.61. The number of aromatic nitrogens is 4. The van der Waals surface area contributed by atoms with Gasteiger partial charge in [0.2, 0.25) is 0 Å². The van der Waals surface area contributed by atoms with Gasteiger partial charge in [-0.05, 0) is 105 Å². The van der Waals surface area contributed by atoms with Crippen LogP contribution in [-0.4, -0.2) is 41.7 Å². The van der Waals surface area contributed by atoms with Gasteiger partial charge in [-0.1, -0.05) is 13.8 Å². The summed E-state index contributed by atoms with van der Waals surface area (Å²) in [5, 5.41) is 9.91. The molecule has 0 aliphatic rings. The number of esters is 1. The number of aliphatic carboxylic acids is 1. The highest BCUT2D eigenvalue weighted by atomic mass is 79.9. The third-order valence-electron chi connectivity index (χ3n) is 6.40. The molecule has 3 N–H and O–H groups in total. The third kappa shape index (κ3) is 7.02. The second kappa shape index (κ2) is 13.3. The first-order valence-corrected chi connectivity index (χ1v) is 16.6. The zero-order chi connectivity index (χ0) is 34.3. The number of aromatic amines is 2. The van der Waals surface area contributed by atoms with Gasteiger partial charge in [0.25, 0.3) is 11.1 Å². The van der Waals surface area contributed by atoms with Crippen molar-refractivity contribution >= 4 is 86.9 Å². The smallest absolute Gasteiger partial charge is 0.332 e. The highest BCUT2D eigenvalue weighted by Gasteiger charge is 2.38. The van der Waals surface area contributed by atoms with Gasteiger partial charge in [0.15, 0.2) is 0 Å². The molecule has 0 saturated heterocycles. The number of carboxylic acid groups (broad SMARTS) is 1. The maximum Gasteiger partial charge on any atom is 0.332 e. The SMILES string of the molecule is CC.Cc1c(Br)sc2[nH]c(=O)n(C(C)(C)C(=O)O)c(=O)c12.Cc1c(Br)sc2[nH]c(=O)n(C(C)(C)C(=O)OC(C)(C)C)c(=O)c12. The van der Waals surface area contributed by atoms with Gasteiger partial charge in [-0.15, -0.1) is 22.7 Å². The fourth-order valence-electron chi connectivity index (χ4n) is 3.98. The lowest BCUT2D eigenvalue weighted by atomic mass is 10.0. The Morgan fingerprint density at radius 2 is 1.07 bits per heavy atom. The van der Waals surface area contributed by atoms with Crippen LogP contribution in [0.25, 0.3) is 20.4 Å². The Morgan fingerprint density at radius 3 is 1.39 bits per heavy atom. The topological polar surface area (TPSA) is 173 Å². The predicted molar refractivity (Wildman–Crippen MR) is 182 cm³/mol. The van der Waals surface area contributed by atoms with Gasteiger partial charge in [-0.2, -0.15) is 0 Å². The number of thiophene rings is 2. The minimum Gasteiger partial charge on any atom is -0.480 e. The Morgan fingerprint density at radius 1 is 0.727 bits per heavy atom. The lowest BCUT2D eigenvalue weighted by molar-refractivity contribution is -0.164. The molecular weight excluding hydrogens is 744 g/mol. The van der Waals surface area contributed by atoms with Gasteiger partial charge in [0, 0.05) is 0 Å². The van der Waals surface area contributed by atoms with Crippen molar-refractivity contribution in [2.75, 3.05) is 0 Å². The molecular formula is C28H36Br2N4O8S2. The van der Waals surface area contributed by atoms with E-state index in [-0.39, 0.29) is 0 Å². The quantitative estimate of drug-likeness (QED) is 0.226. The molecule has 0 aliphatic heterocycles. The Bertz CT molecular complexity index is 1990. The molecule has 4 aromatic rings. The first kappa shape index (κ1) is 37.4. The van der Waals surface area contributed by atoms with Crippen LogP contribution in [0.2, 0.25) is 0 Å². The summed E-state index contributed by atoms with van der Waals surface area (Å²) in [7, 11) is 0. The molecule has 12 nitrogen and oxygen atoms in total. The van der Waals surface area contributed by atoms with E-state index in [1.165, 1.54) is 50.4 Å². The molecule has 0 unspecified atom stereocenters. The maximum atomic E-state index is 12.8. The van der Waals surface area contributed by atoms with E-state index in [0.29, 0.717) is 26.0 Å². The van der Waals surface area contributed by atoms with Crippen molar-refractivity contribution in [3.8, 4) is 0 Å². The van der Waals surface area contributed by atoms with Crippen molar-refractivity contribution < 1.29 is 19.4 Å². The number of nitrogens with zero attached hydrogens (tertiary/aromatic N) is 2. The number of halogens is 2. The minimum absolute atomic E-state index is 0.339. The standard InChI is InChI=1S/C15H19BrN2O4S.C11H11BrN2O4S.C2H6/c1-7-8-10(23-9(7)16)17-13(21)18(11(8)19)15(5,6)12(20)22-14(2,3)4;1-4-5-7(19-6(4)12)13-10(18)14(8(5)15)11(2,3)9(16)17;1-2/h1-6H3,(H,17,21);1-3H3,(H,13,18)(H,16,17);1-2H3. The molecule has 0 spiro atoms. The number of hydrogen-bond donors (Lipinski definition) is 3. The number of H-pyrrole nitrogens is 2. The summed E-state index contributed by atoms with van der Waals surface area (Å²) < 4.78 is 8.53. The number of carbonyl (C=O) groups is 2. The maximum absolute atomic E-state index is 12.8. The van der Waals surface area contributed by atoms with Crippen LogP contribution >= 0.6 is 54.5 Å². The summed E-state index contributed by atoms with van der Waals surface area (Å²) in [6.45, 7) is 18.4. The first-order valence-electron chi connectivity index (χ1n) is 13.4. The van der Waals surface area contributed by atoms with Crippen LogP contribution in [0.3, 0.4) is 0 Å². The summed E-state index contributed by atoms with van der Waals surface area (Å²) in [4.78, 5) is 79.4. The Balaban J connectivity index is 0.000000295. The van der Waals surface area contributed by atoms with Crippen LogP contribution in [0.1, 0.15) is 73.4 Å². The summed E-state index contributed by atoms with van der Waals surface area (Å²) in [5.74, 6) is -1.88. The van der Waals surface area contributed by atoms with Gasteiger partial charge in [-0.3, -0.25) is 19.6 Å². The summed E-state index contributed by atoms with van der Waals surface area (Å²) in [6.07, 6.45) is 0. The van der Waals surface area contributed by atoms with Crippen molar-refractivity contribution in [3.05, 3.63) is 60.4 Å². The van der Waals surface area contributed by atoms with Crippen LogP contribution in [-0.2, 0) is 25.4 Å². The Labute approximate surface area is 277 Å². The van der Waals surface area contributed by atoms with Crippen LogP contribution in [0, 0.1) is 13.8 Å². The van der Waals surface area contributed by atoms with Crippen LogP contribution in [0.5, 0.6) is 0 Å². The Kier molecular flexibility index (Phi) is 11.3. The predicted octanol–water partition coefficient (Wildman–Crippen LogP) is 5.57. The number of aryl methyl sites for hydroxylation is 2. The van der Waals surface area contributed by atoms with Crippen LogP contribution in [0.15, 0.2) is 26.8 Å². The number of rotatable bonds is 4. The fourth-order valence-corrected chi connectivity index (χ4v) is 7.18. The molecule has 0 fully saturated rings. The van der Waals surface area contributed by atoms with E-state index in [1.807, 2.05) is 13.8 Å². The zero-order valence-electron chi connectivity index (χ0n) is 26.3. The summed E-state index contributed by atoms with van der Waals surface area (Å²) >= 11 is 9.18. The Hall–Kier alpha value is -2.82. The monoisotopic (exact) mass is 778 g/mol. The number of carboxylic acids is 1. The average molecular weight is 781 g/mol. The van der Waals surface area contributed by atoms with Crippen molar-refractivity contribution in [1.82, 2.24) is 19.1 Å². The van der Waals surface area contributed by atoms with E-state index in [2.05, 4.69) is 41.8 Å². The molecule has 0 saturated carbocycles. The van der Waals surface area contributed by atoms with E-state index in [9.17, 15) is 33.9 Å². The van der Waals surface area contributed by atoms with E-state index < -0.39 is 51.1 Å². The van der Waals surface area contributed by atoms with Gasteiger partial charge in [-0.25, -0.2) is 28.3 Å². The molecule has 0 atom stereocenters. The largest absolute Gasteiger partial charge is 0.480 e. The number of ether oxygens (including phenoxy) is 1. The second-order valence-electron chi connectivity index (χ2n) is 11.5. The van der Waals surface area contributed by atoms with E-state index in [1.54, 1.807) is 34.6 Å². The molecule has 44 heavy (non-hydrogen) atoms. The summed E-state index contributed by atoms with van der Waals surface area (Å²) in [6, 6.07) is 0. The zero-order valence-corrected chi connectivity index (χ0v) is 31.1. The van der Waals surface area contributed by atoms with Gasteiger partial charge in [0.05, 0.1) is 18.3 Å². The lowest BCUT2D eigenvalue weighted by Gasteiger charge is -2.29. The highest BCUT2D eigenvalue weighted by Crippen LogP contribution is 2.32. The van der Waals surface area contributed by atoms with E-state index in [0.717, 1.165) is 22.3 Å². The number of nitrogens with one attached hydrogen (secondary N) is 2. The number of carbonyl (C=O) groups excluding carboxylic acids is 1. The van der Waals surface area contributed by atoms with Crippen molar-refractivity contribution in [2.45, 2.75) is 92.8 Å². The van der Waals surface area contributed by atoms with E-state index >= 15 is 0 Å². The molecule has 4 rings (SSSR count). The molecule has 16 heteroatoms. The molecule has 242 valence electrons. The van der Waals surface area contributed by atoms with Crippen LogP contribution < -0.4 is 22.5 Å². The van der Waals surface area contributed by atoms with Crippen molar-refractivity contribution in [2.24, 2.45) is 0 Å². The fraction of sp³-hybridized carbons (Fsp3) is 0.500. The molecule has 0 amide bonds. The molecule has 0 radical (unpaired) electrons. The number of hydrogen-bond acceptors (Lipinski definition) is 9. The van der Waals surface area contributed by atoms with Crippen molar-refractivity contribution in [1.29, 1.82) is 0 Å². The highest BCUT2D eigenvalue weighted by molar-refractivity contribution is 9.11.